The number of amides is 2. The summed E-state index contributed by atoms with van der Waals surface area (Å²) in [5.41, 5.74) is 0.896. The monoisotopic (exact) mass is 340 g/mol. The molecule has 0 radical (unpaired) electrons. The molecule has 2 amide bonds. The van der Waals surface area contributed by atoms with E-state index in [1.807, 2.05) is 42.5 Å². The predicted molar refractivity (Wildman–Crippen MR) is 92.8 cm³/mol. The molecular weight excluding hydrogens is 320 g/mol. The summed E-state index contributed by atoms with van der Waals surface area (Å²) in [6.45, 7) is -0.561. The van der Waals surface area contributed by atoms with Crippen LogP contribution >= 0.6 is 0 Å². The van der Waals surface area contributed by atoms with Gasteiger partial charge in [0.2, 0.25) is 5.91 Å². The lowest BCUT2D eigenvalue weighted by Gasteiger charge is -2.08. The molecule has 3 rings (SSSR count). The van der Waals surface area contributed by atoms with Crippen LogP contribution in [-0.4, -0.2) is 37.0 Å². The van der Waals surface area contributed by atoms with Gasteiger partial charge in [-0.25, -0.2) is 0 Å². The molecule has 0 atom stereocenters. The number of nitrogens with one attached hydrogen (secondary N) is 2. The molecule has 0 bridgehead atoms. The topological polar surface area (TPSA) is 84.5 Å². The van der Waals surface area contributed by atoms with Crippen LogP contribution < -0.4 is 10.6 Å². The van der Waals surface area contributed by atoms with Gasteiger partial charge in [-0.2, -0.15) is 0 Å². The Morgan fingerprint density at radius 3 is 2.56 bits per heavy atom. The molecule has 25 heavy (non-hydrogen) atoms. The van der Waals surface area contributed by atoms with Crippen molar-refractivity contribution < 1.29 is 19.1 Å². The quantitative estimate of drug-likeness (QED) is 0.745. The number of carbonyl (C=O) groups is 3. The summed E-state index contributed by atoms with van der Waals surface area (Å²) in [6.07, 6.45) is 2.13. The van der Waals surface area contributed by atoms with Gasteiger partial charge in [0.15, 0.2) is 6.61 Å². The van der Waals surface area contributed by atoms with E-state index in [9.17, 15) is 14.4 Å². The molecule has 130 valence electrons. The zero-order valence-corrected chi connectivity index (χ0v) is 13.8. The highest BCUT2D eigenvalue weighted by Gasteiger charge is 2.23. The van der Waals surface area contributed by atoms with Crippen molar-refractivity contribution in [1.29, 1.82) is 0 Å². The molecular formula is C19H20N2O4. The SMILES string of the molecule is O=C(Cc1cccc2ccccc12)NCC(=O)OCC(=O)NC1CC1. The van der Waals surface area contributed by atoms with Crippen molar-refractivity contribution in [3.8, 4) is 0 Å². The molecule has 0 unspecified atom stereocenters. The second kappa shape index (κ2) is 7.79. The average Bonchev–Trinajstić information content (AvgIpc) is 3.42. The third-order valence-electron chi connectivity index (χ3n) is 3.97. The Labute approximate surface area is 145 Å². The Balaban J connectivity index is 1.44. The normalized spacial score (nSPS) is 13.3. The summed E-state index contributed by atoms with van der Waals surface area (Å²) in [4.78, 5) is 35.1. The molecule has 0 aliphatic heterocycles. The third kappa shape index (κ3) is 5.04. The van der Waals surface area contributed by atoms with Crippen LogP contribution in [0.5, 0.6) is 0 Å². The number of fused-ring (bicyclic) bond motifs is 1. The number of carbonyl (C=O) groups excluding carboxylic acids is 3. The van der Waals surface area contributed by atoms with E-state index in [4.69, 9.17) is 4.74 Å². The van der Waals surface area contributed by atoms with E-state index in [2.05, 4.69) is 10.6 Å². The highest BCUT2D eigenvalue weighted by Crippen LogP contribution is 2.19. The molecule has 1 aliphatic rings. The lowest BCUT2D eigenvalue weighted by molar-refractivity contribution is -0.148. The summed E-state index contributed by atoms with van der Waals surface area (Å²) >= 11 is 0. The van der Waals surface area contributed by atoms with Crippen LogP contribution in [0.15, 0.2) is 42.5 Å². The van der Waals surface area contributed by atoms with E-state index in [-0.39, 0.29) is 37.4 Å². The lowest BCUT2D eigenvalue weighted by Crippen LogP contribution is -2.35. The van der Waals surface area contributed by atoms with Crippen molar-refractivity contribution in [2.45, 2.75) is 25.3 Å². The van der Waals surface area contributed by atoms with Crippen LogP contribution in [0.2, 0.25) is 0 Å². The highest BCUT2D eigenvalue weighted by atomic mass is 16.5. The van der Waals surface area contributed by atoms with E-state index in [1.165, 1.54) is 0 Å². The number of esters is 1. The Bertz CT molecular complexity index is 794. The molecule has 1 saturated carbocycles. The van der Waals surface area contributed by atoms with E-state index in [0.717, 1.165) is 29.2 Å². The van der Waals surface area contributed by atoms with E-state index >= 15 is 0 Å². The van der Waals surface area contributed by atoms with Gasteiger partial charge in [-0.3, -0.25) is 14.4 Å². The average molecular weight is 340 g/mol. The Kier molecular flexibility index (Phi) is 5.28. The number of ether oxygens (including phenoxy) is 1. The minimum atomic E-state index is -0.628. The fourth-order valence-corrected chi connectivity index (χ4v) is 2.55. The highest BCUT2D eigenvalue weighted by molar-refractivity contribution is 5.91. The van der Waals surface area contributed by atoms with Crippen molar-refractivity contribution in [1.82, 2.24) is 10.6 Å². The maximum atomic E-state index is 12.1. The first-order valence-corrected chi connectivity index (χ1v) is 8.30. The van der Waals surface area contributed by atoms with Crippen LogP contribution in [0, 0.1) is 0 Å². The van der Waals surface area contributed by atoms with E-state index in [0.29, 0.717) is 0 Å². The molecule has 0 saturated heterocycles. The molecule has 6 heteroatoms. The van der Waals surface area contributed by atoms with Gasteiger partial charge < -0.3 is 15.4 Å². The molecule has 0 aromatic heterocycles. The minimum Gasteiger partial charge on any atom is -0.454 e. The summed E-state index contributed by atoms with van der Waals surface area (Å²) in [6, 6.07) is 13.8. The maximum absolute atomic E-state index is 12.1. The van der Waals surface area contributed by atoms with Crippen LogP contribution in [0.25, 0.3) is 10.8 Å². The molecule has 6 nitrogen and oxygen atoms in total. The lowest BCUT2D eigenvalue weighted by atomic mass is 10.0. The fraction of sp³-hybridized carbons (Fsp3) is 0.316. The summed E-state index contributed by atoms with van der Waals surface area (Å²) in [5.74, 6) is -1.20. The van der Waals surface area contributed by atoms with Gasteiger partial charge >= 0.3 is 5.97 Å². The Hall–Kier alpha value is -2.89. The number of rotatable bonds is 7. The van der Waals surface area contributed by atoms with Crippen LogP contribution in [0.1, 0.15) is 18.4 Å². The van der Waals surface area contributed by atoms with Gasteiger partial charge in [0.25, 0.3) is 5.91 Å². The molecule has 2 aromatic carbocycles. The fourth-order valence-electron chi connectivity index (χ4n) is 2.55. The van der Waals surface area contributed by atoms with Gasteiger partial charge in [-0.1, -0.05) is 42.5 Å². The van der Waals surface area contributed by atoms with Crippen molar-refractivity contribution in [3.63, 3.8) is 0 Å². The van der Waals surface area contributed by atoms with Gasteiger partial charge in [0.05, 0.1) is 6.42 Å². The third-order valence-corrected chi connectivity index (χ3v) is 3.97. The second-order valence-corrected chi connectivity index (χ2v) is 6.09. The standard InChI is InChI=1S/C19H20N2O4/c22-17(10-14-6-3-5-13-4-1-2-7-16(13)14)20-11-19(24)25-12-18(23)21-15-8-9-15/h1-7,15H,8-12H2,(H,20,22)(H,21,23). The van der Waals surface area contributed by atoms with Crippen LogP contribution in [0.4, 0.5) is 0 Å². The summed E-state index contributed by atoms with van der Waals surface area (Å²) in [7, 11) is 0. The molecule has 0 spiro atoms. The number of hydrogen-bond acceptors (Lipinski definition) is 4. The first kappa shape index (κ1) is 17.0. The zero-order chi connectivity index (χ0) is 17.6. The number of benzene rings is 2. The predicted octanol–water partition coefficient (Wildman–Crippen LogP) is 1.32. The van der Waals surface area contributed by atoms with Crippen molar-refractivity contribution in [2.24, 2.45) is 0 Å². The van der Waals surface area contributed by atoms with Gasteiger partial charge in [-0.15, -0.1) is 0 Å². The first-order chi connectivity index (χ1) is 12.1. The van der Waals surface area contributed by atoms with E-state index in [1.54, 1.807) is 0 Å². The van der Waals surface area contributed by atoms with Gasteiger partial charge in [0, 0.05) is 6.04 Å². The maximum Gasteiger partial charge on any atom is 0.325 e. The van der Waals surface area contributed by atoms with E-state index < -0.39 is 5.97 Å². The molecule has 2 N–H and O–H groups in total. The summed E-state index contributed by atoms with van der Waals surface area (Å²) in [5, 5.41) is 7.32. The Morgan fingerprint density at radius 2 is 1.76 bits per heavy atom. The largest absolute Gasteiger partial charge is 0.454 e. The summed E-state index contributed by atoms with van der Waals surface area (Å²) < 4.78 is 4.84. The second-order valence-electron chi connectivity index (χ2n) is 6.09. The molecule has 1 aliphatic carbocycles. The Morgan fingerprint density at radius 1 is 1.00 bits per heavy atom. The first-order valence-electron chi connectivity index (χ1n) is 8.30. The molecule has 0 heterocycles. The van der Waals surface area contributed by atoms with Crippen molar-refractivity contribution in [2.75, 3.05) is 13.2 Å². The smallest absolute Gasteiger partial charge is 0.325 e. The van der Waals surface area contributed by atoms with Gasteiger partial charge in [0.1, 0.15) is 6.54 Å². The van der Waals surface area contributed by atoms with Crippen molar-refractivity contribution >= 4 is 28.6 Å². The molecule has 1 fully saturated rings. The van der Waals surface area contributed by atoms with Gasteiger partial charge in [-0.05, 0) is 29.2 Å². The van der Waals surface area contributed by atoms with Crippen LogP contribution in [0.3, 0.4) is 0 Å². The minimum absolute atomic E-state index is 0.177. The van der Waals surface area contributed by atoms with Crippen LogP contribution in [-0.2, 0) is 25.5 Å². The molecule has 2 aromatic rings. The van der Waals surface area contributed by atoms with Crippen molar-refractivity contribution in [3.05, 3.63) is 48.0 Å². The number of hydrogen-bond donors (Lipinski definition) is 2. The zero-order valence-electron chi connectivity index (χ0n) is 13.8.